The molecule has 0 aliphatic carbocycles. The van der Waals surface area contributed by atoms with E-state index in [0.717, 1.165) is 16.5 Å². The molecule has 0 saturated carbocycles. The van der Waals surface area contributed by atoms with Crippen molar-refractivity contribution < 1.29 is 20.1 Å². The number of hydrogen-bond acceptors (Lipinski definition) is 7. The molecule has 0 aliphatic heterocycles. The maximum atomic E-state index is 12.3. The van der Waals surface area contributed by atoms with E-state index in [9.17, 15) is 15.3 Å². The Kier molecular flexibility index (Phi) is 6.09. The number of fused-ring (bicyclic) bond motifs is 1. The number of aliphatic hydroxyl groups excluding tert-OH is 1. The van der Waals surface area contributed by atoms with Crippen LogP contribution in [0.2, 0.25) is 5.02 Å². The molecule has 182 valence electrons. The summed E-state index contributed by atoms with van der Waals surface area (Å²) in [4.78, 5) is 4.57. The second kappa shape index (κ2) is 9.23. The van der Waals surface area contributed by atoms with Crippen LogP contribution in [0.25, 0.3) is 22.0 Å². The molecule has 0 spiro atoms. The maximum Gasteiger partial charge on any atom is 0.214 e. The van der Waals surface area contributed by atoms with Crippen LogP contribution >= 0.6 is 11.6 Å². The number of benzene rings is 3. The van der Waals surface area contributed by atoms with Crippen LogP contribution in [0.3, 0.4) is 0 Å². The molecule has 5 rings (SSSR count). The third-order valence-electron chi connectivity index (χ3n) is 6.24. The van der Waals surface area contributed by atoms with Crippen LogP contribution < -0.4 is 4.74 Å². The lowest BCUT2D eigenvalue weighted by Crippen LogP contribution is -2.32. The van der Waals surface area contributed by atoms with Gasteiger partial charge in [0, 0.05) is 23.5 Å². The summed E-state index contributed by atoms with van der Waals surface area (Å²) in [6.45, 7) is -0.287. The van der Waals surface area contributed by atoms with E-state index in [-0.39, 0.29) is 18.2 Å². The van der Waals surface area contributed by atoms with Crippen LogP contribution in [0, 0.1) is 0 Å². The highest BCUT2D eigenvalue weighted by molar-refractivity contribution is 6.31. The summed E-state index contributed by atoms with van der Waals surface area (Å²) in [5.41, 5.74) is 1.88. The van der Waals surface area contributed by atoms with Crippen molar-refractivity contribution in [2.75, 3.05) is 7.11 Å². The van der Waals surface area contributed by atoms with Gasteiger partial charge in [-0.3, -0.25) is 0 Å². The van der Waals surface area contributed by atoms with Gasteiger partial charge in [-0.05, 0) is 64.2 Å². The number of nitrogens with zero attached hydrogens (tertiary/aromatic N) is 4. The Morgan fingerprint density at radius 2 is 1.81 bits per heavy atom. The molecule has 0 saturated heterocycles. The van der Waals surface area contributed by atoms with Crippen LogP contribution in [0.15, 0.2) is 73.1 Å². The molecular weight excluding hydrogens is 480 g/mol. The summed E-state index contributed by atoms with van der Waals surface area (Å²) in [7, 11) is 3.29. The molecule has 0 aliphatic rings. The zero-order valence-corrected chi connectivity index (χ0v) is 20.3. The standard InChI is InChI=1S/C27H23ClN4O4/c1-32-15-29-31-26(32)27(35,18-6-8-23(28)17(10-18)14-33)19-7-9-24-22(12-19)21(13-25(30-24)36-2)16-4-3-5-20(34)11-16/h3-13,15,33-35H,14H2,1-2H3. The summed E-state index contributed by atoms with van der Waals surface area (Å²) >= 11 is 6.24. The summed E-state index contributed by atoms with van der Waals surface area (Å²) in [5.74, 6) is 0.830. The number of aryl methyl sites for hydroxylation is 1. The highest BCUT2D eigenvalue weighted by Crippen LogP contribution is 2.40. The van der Waals surface area contributed by atoms with E-state index in [0.29, 0.717) is 33.1 Å². The second-order valence-corrected chi connectivity index (χ2v) is 8.84. The highest BCUT2D eigenvalue weighted by Gasteiger charge is 2.39. The Balaban J connectivity index is 1.81. The van der Waals surface area contributed by atoms with Crippen LogP contribution in [0.4, 0.5) is 0 Å². The molecule has 3 aromatic carbocycles. The van der Waals surface area contributed by atoms with Gasteiger partial charge in [0.15, 0.2) is 11.4 Å². The minimum Gasteiger partial charge on any atom is -0.508 e. The molecule has 0 amide bonds. The normalized spacial score (nSPS) is 13.0. The van der Waals surface area contributed by atoms with Gasteiger partial charge in [0.25, 0.3) is 0 Å². The minimum atomic E-state index is -1.73. The number of ether oxygens (including phenoxy) is 1. The Hall–Kier alpha value is -3.98. The third-order valence-corrected chi connectivity index (χ3v) is 6.61. The van der Waals surface area contributed by atoms with Crippen molar-refractivity contribution in [2.45, 2.75) is 12.2 Å². The van der Waals surface area contributed by atoms with Gasteiger partial charge in [-0.15, -0.1) is 10.2 Å². The summed E-state index contributed by atoms with van der Waals surface area (Å²) in [6.07, 6.45) is 1.51. The molecule has 0 radical (unpaired) electrons. The average Bonchev–Trinajstić information content (AvgIpc) is 3.33. The van der Waals surface area contributed by atoms with Crippen molar-refractivity contribution in [1.29, 1.82) is 0 Å². The number of hydrogen-bond donors (Lipinski definition) is 3. The number of methoxy groups -OCH3 is 1. The Morgan fingerprint density at radius 3 is 2.50 bits per heavy atom. The maximum absolute atomic E-state index is 12.3. The molecule has 36 heavy (non-hydrogen) atoms. The number of phenols is 1. The zero-order chi connectivity index (χ0) is 25.4. The Bertz CT molecular complexity index is 1590. The average molecular weight is 503 g/mol. The van der Waals surface area contributed by atoms with Gasteiger partial charge >= 0.3 is 0 Å². The van der Waals surface area contributed by atoms with Gasteiger partial charge in [-0.25, -0.2) is 4.98 Å². The first-order chi connectivity index (χ1) is 17.3. The second-order valence-electron chi connectivity index (χ2n) is 8.43. The van der Waals surface area contributed by atoms with Crippen LogP contribution in [0.1, 0.15) is 22.5 Å². The lowest BCUT2D eigenvalue weighted by molar-refractivity contribution is 0.112. The molecule has 0 bridgehead atoms. The number of phenolic OH excluding ortho intramolecular Hbond substituents is 1. The molecule has 2 aromatic heterocycles. The van der Waals surface area contributed by atoms with Crippen molar-refractivity contribution in [1.82, 2.24) is 19.7 Å². The predicted octanol–water partition coefficient (Wildman–Crippen LogP) is 4.17. The van der Waals surface area contributed by atoms with Gasteiger partial charge < -0.3 is 24.6 Å². The quantitative estimate of drug-likeness (QED) is 0.319. The van der Waals surface area contributed by atoms with Crippen molar-refractivity contribution in [3.05, 3.63) is 101 Å². The van der Waals surface area contributed by atoms with E-state index in [2.05, 4.69) is 15.2 Å². The first-order valence-electron chi connectivity index (χ1n) is 11.1. The molecule has 1 unspecified atom stereocenters. The number of rotatable bonds is 6. The van der Waals surface area contributed by atoms with Gasteiger partial charge in [0.2, 0.25) is 5.88 Å². The minimum absolute atomic E-state index is 0.126. The lowest BCUT2D eigenvalue weighted by atomic mass is 9.83. The fourth-order valence-electron chi connectivity index (χ4n) is 4.40. The summed E-state index contributed by atoms with van der Waals surface area (Å²) < 4.78 is 7.05. The summed E-state index contributed by atoms with van der Waals surface area (Å²) in [6, 6.07) is 19.1. The lowest BCUT2D eigenvalue weighted by Gasteiger charge is -2.29. The van der Waals surface area contributed by atoms with Crippen LogP contribution in [-0.4, -0.2) is 42.2 Å². The van der Waals surface area contributed by atoms with E-state index in [1.807, 2.05) is 12.1 Å². The number of aromatic nitrogens is 4. The van der Waals surface area contributed by atoms with Gasteiger partial charge in [0.1, 0.15) is 12.1 Å². The third kappa shape index (κ3) is 3.95. The zero-order valence-electron chi connectivity index (χ0n) is 19.6. The van der Waals surface area contributed by atoms with Crippen molar-refractivity contribution in [2.24, 2.45) is 7.05 Å². The predicted molar refractivity (Wildman–Crippen MR) is 136 cm³/mol. The monoisotopic (exact) mass is 502 g/mol. The van der Waals surface area contributed by atoms with Crippen LogP contribution in [0.5, 0.6) is 11.6 Å². The Morgan fingerprint density at radius 1 is 1.03 bits per heavy atom. The molecule has 9 heteroatoms. The molecule has 3 N–H and O–H groups in total. The van der Waals surface area contributed by atoms with E-state index in [1.165, 1.54) is 6.33 Å². The molecule has 5 aromatic rings. The molecule has 2 heterocycles. The summed E-state index contributed by atoms with van der Waals surface area (Å²) in [5, 5.41) is 41.6. The highest BCUT2D eigenvalue weighted by atomic mass is 35.5. The molecule has 0 fully saturated rings. The van der Waals surface area contributed by atoms with E-state index < -0.39 is 5.60 Å². The fourth-order valence-corrected chi connectivity index (χ4v) is 4.58. The number of aliphatic hydroxyl groups is 2. The largest absolute Gasteiger partial charge is 0.508 e. The fraction of sp³-hybridized carbons (Fsp3) is 0.148. The number of aromatic hydroxyl groups is 1. The van der Waals surface area contributed by atoms with Crippen molar-refractivity contribution in [3.8, 4) is 22.8 Å². The van der Waals surface area contributed by atoms with E-state index in [4.69, 9.17) is 16.3 Å². The number of pyridine rings is 1. The SMILES string of the molecule is COc1cc(-c2cccc(O)c2)c2cc(C(O)(c3ccc(Cl)c(CO)c3)c3nncn3C)ccc2n1. The van der Waals surface area contributed by atoms with Gasteiger partial charge in [-0.2, -0.15) is 0 Å². The number of halogens is 1. The van der Waals surface area contributed by atoms with Crippen molar-refractivity contribution >= 4 is 22.5 Å². The molecular formula is C27H23ClN4O4. The van der Waals surface area contributed by atoms with Gasteiger partial charge in [0.05, 0.1) is 19.2 Å². The first-order valence-corrected chi connectivity index (χ1v) is 11.5. The Labute approximate surface area is 212 Å². The first kappa shape index (κ1) is 23.7. The van der Waals surface area contributed by atoms with E-state index in [1.54, 1.807) is 73.3 Å². The van der Waals surface area contributed by atoms with Crippen molar-refractivity contribution in [3.63, 3.8) is 0 Å². The molecule has 1 atom stereocenters. The topological polar surface area (TPSA) is 114 Å². The smallest absolute Gasteiger partial charge is 0.214 e. The van der Waals surface area contributed by atoms with E-state index >= 15 is 0 Å². The van der Waals surface area contributed by atoms with Gasteiger partial charge in [-0.1, -0.05) is 35.9 Å². The molecule has 8 nitrogen and oxygen atoms in total. The van der Waals surface area contributed by atoms with Crippen LogP contribution in [-0.2, 0) is 19.3 Å².